The third-order valence-corrected chi connectivity index (χ3v) is 4.99. The molecule has 0 unspecified atom stereocenters. The van der Waals surface area contributed by atoms with Gasteiger partial charge >= 0.3 is 0 Å². The van der Waals surface area contributed by atoms with Gasteiger partial charge in [0.1, 0.15) is 11.5 Å². The van der Waals surface area contributed by atoms with Crippen LogP contribution in [-0.4, -0.2) is 51.2 Å². The van der Waals surface area contributed by atoms with Crippen LogP contribution in [0.4, 0.5) is 0 Å². The molecule has 4 rings (SSSR count). The second-order valence-corrected chi connectivity index (χ2v) is 6.79. The van der Waals surface area contributed by atoms with E-state index in [1.54, 1.807) is 23.4 Å². The number of benzene rings is 1. The first-order valence-electron chi connectivity index (χ1n) is 8.74. The first-order chi connectivity index (χ1) is 12.6. The number of furan rings is 1. The number of hydrogen-bond acceptors (Lipinski definition) is 5. The highest BCUT2D eigenvalue weighted by atomic mass is 16.3. The highest BCUT2D eigenvalue weighted by molar-refractivity contribution is 5.97. The number of aliphatic hydroxyl groups excluding tert-OH is 1. The summed E-state index contributed by atoms with van der Waals surface area (Å²) in [6.45, 7) is 3.47. The quantitative estimate of drug-likeness (QED) is 0.740. The molecule has 2 atom stereocenters. The molecule has 3 aromatic rings. The van der Waals surface area contributed by atoms with Gasteiger partial charge in [-0.1, -0.05) is 0 Å². The van der Waals surface area contributed by atoms with Crippen LogP contribution in [0.15, 0.2) is 41.1 Å². The largest absolute Gasteiger partial charge is 0.466 e. The standard InChI is InChI=1S/C19H22N4O3/c1-12-2-5-18(26-12)14-9-23(10-15(14)20)19(25)13-3-4-17-16(8-13)21-11-22(17)6-7-24/h2-5,8,11,14-15,24H,6-7,9-10,20H2,1H3/t14-,15-/m0/s1. The van der Waals surface area contributed by atoms with Gasteiger partial charge in [0, 0.05) is 31.2 Å². The molecule has 7 heteroatoms. The first-order valence-corrected chi connectivity index (χ1v) is 8.74. The van der Waals surface area contributed by atoms with Gasteiger partial charge in [0.25, 0.3) is 5.91 Å². The summed E-state index contributed by atoms with van der Waals surface area (Å²) in [7, 11) is 0. The zero-order valence-corrected chi connectivity index (χ0v) is 14.6. The van der Waals surface area contributed by atoms with Crippen molar-refractivity contribution in [3.63, 3.8) is 0 Å². The molecule has 1 saturated heterocycles. The van der Waals surface area contributed by atoms with Crippen LogP contribution in [0, 0.1) is 6.92 Å². The van der Waals surface area contributed by atoms with Crippen molar-refractivity contribution in [2.24, 2.45) is 5.73 Å². The van der Waals surface area contributed by atoms with Crippen molar-refractivity contribution in [3.8, 4) is 0 Å². The van der Waals surface area contributed by atoms with Crippen LogP contribution in [0.2, 0.25) is 0 Å². The summed E-state index contributed by atoms with van der Waals surface area (Å²) in [5.74, 6) is 1.65. The average molecular weight is 354 g/mol. The summed E-state index contributed by atoms with van der Waals surface area (Å²) in [5, 5.41) is 9.10. The van der Waals surface area contributed by atoms with Crippen molar-refractivity contribution >= 4 is 16.9 Å². The van der Waals surface area contributed by atoms with Crippen LogP contribution < -0.4 is 5.73 Å². The van der Waals surface area contributed by atoms with Gasteiger partial charge in [-0.15, -0.1) is 0 Å². The number of fused-ring (bicyclic) bond motifs is 1. The van der Waals surface area contributed by atoms with Crippen LogP contribution >= 0.6 is 0 Å². The van der Waals surface area contributed by atoms with Gasteiger partial charge in [0.2, 0.25) is 0 Å². The van der Waals surface area contributed by atoms with Crippen molar-refractivity contribution in [1.82, 2.24) is 14.5 Å². The van der Waals surface area contributed by atoms with Crippen molar-refractivity contribution in [2.45, 2.75) is 25.4 Å². The average Bonchev–Trinajstić information content (AvgIpc) is 3.33. The Morgan fingerprint density at radius 2 is 2.19 bits per heavy atom. The fraction of sp³-hybridized carbons (Fsp3) is 0.368. The van der Waals surface area contributed by atoms with E-state index in [0.717, 1.165) is 22.6 Å². The molecular weight excluding hydrogens is 332 g/mol. The Bertz CT molecular complexity index is 945. The summed E-state index contributed by atoms with van der Waals surface area (Å²) in [6.07, 6.45) is 1.68. The van der Waals surface area contributed by atoms with Gasteiger partial charge < -0.3 is 24.7 Å². The summed E-state index contributed by atoms with van der Waals surface area (Å²) in [5.41, 5.74) is 8.50. The number of aryl methyl sites for hydroxylation is 1. The molecule has 1 amide bonds. The van der Waals surface area contributed by atoms with E-state index >= 15 is 0 Å². The van der Waals surface area contributed by atoms with Gasteiger partial charge in [0.15, 0.2) is 0 Å². The topological polar surface area (TPSA) is 97.5 Å². The summed E-state index contributed by atoms with van der Waals surface area (Å²) >= 11 is 0. The number of rotatable bonds is 4. The molecule has 2 aromatic heterocycles. The highest BCUT2D eigenvalue weighted by Gasteiger charge is 2.36. The lowest BCUT2D eigenvalue weighted by Crippen LogP contribution is -2.32. The molecule has 3 N–H and O–H groups in total. The van der Waals surface area contributed by atoms with E-state index < -0.39 is 0 Å². The Labute approximate surface area is 151 Å². The summed E-state index contributed by atoms with van der Waals surface area (Å²) in [4.78, 5) is 19.0. The van der Waals surface area contributed by atoms with E-state index in [2.05, 4.69) is 4.98 Å². The van der Waals surface area contributed by atoms with Crippen LogP contribution in [0.1, 0.15) is 27.8 Å². The lowest BCUT2D eigenvalue weighted by Gasteiger charge is -2.16. The third-order valence-electron chi connectivity index (χ3n) is 4.99. The third kappa shape index (κ3) is 2.89. The number of nitrogens with zero attached hydrogens (tertiary/aromatic N) is 3. The van der Waals surface area contributed by atoms with Crippen molar-refractivity contribution in [2.75, 3.05) is 19.7 Å². The Kier molecular flexibility index (Phi) is 4.26. The fourth-order valence-corrected chi connectivity index (χ4v) is 3.61. The second-order valence-electron chi connectivity index (χ2n) is 6.79. The monoisotopic (exact) mass is 354 g/mol. The molecule has 26 heavy (non-hydrogen) atoms. The van der Waals surface area contributed by atoms with Crippen LogP contribution in [-0.2, 0) is 6.54 Å². The Hall–Kier alpha value is -2.64. The number of likely N-dealkylation sites (tertiary alicyclic amines) is 1. The fourth-order valence-electron chi connectivity index (χ4n) is 3.61. The number of aliphatic hydroxyl groups is 1. The molecule has 0 radical (unpaired) electrons. The van der Waals surface area contributed by atoms with Crippen LogP contribution in [0.3, 0.4) is 0 Å². The normalized spacial score (nSPS) is 20.2. The van der Waals surface area contributed by atoms with Gasteiger partial charge in [-0.05, 0) is 37.3 Å². The van der Waals surface area contributed by atoms with Crippen molar-refractivity contribution in [1.29, 1.82) is 0 Å². The Morgan fingerprint density at radius 1 is 1.35 bits per heavy atom. The van der Waals surface area contributed by atoms with Crippen LogP contribution in [0.5, 0.6) is 0 Å². The molecule has 1 fully saturated rings. The molecule has 0 saturated carbocycles. The molecule has 1 aliphatic heterocycles. The predicted octanol–water partition coefficient (Wildman–Crippen LogP) is 1.50. The summed E-state index contributed by atoms with van der Waals surface area (Å²) < 4.78 is 7.57. The lowest BCUT2D eigenvalue weighted by molar-refractivity contribution is 0.0788. The van der Waals surface area contributed by atoms with E-state index in [1.165, 1.54) is 0 Å². The lowest BCUT2D eigenvalue weighted by atomic mass is 10.0. The van der Waals surface area contributed by atoms with Crippen molar-refractivity contribution < 1.29 is 14.3 Å². The molecular formula is C19H22N4O3. The smallest absolute Gasteiger partial charge is 0.254 e. The van der Waals surface area contributed by atoms with Gasteiger partial charge in [-0.3, -0.25) is 4.79 Å². The van der Waals surface area contributed by atoms with Crippen LogP contribution in [0.25, 0.3) is 11.0 Å². The molecule has 136 valence electrons. The van der Waals surface area contributed by atoms with E-state index in [4.69, 9.17) is 15.3 Å². The molecule has 3 heterocycles. The van der Waals surface area contributed by atoms with E-state index in [0.29, 0.717) is 25.2 Å². The Balaban J connectivity index is 1.55. The summed E-state index contributed by atoms with van der Waals surface area (Å²) in [6, 6.07) is 9.18. The molecule has 1 aliphatic rings. The molecule has 0 bridgehead atoms. The molecule has 0 spiro atoms. The predicted molar refractivity (Wildman–Crippen MR) is 96.9 cm³/mol. The minimum absolute atomic E-state index is 0.0140. The number of carbonyl (C=O) groups is 1. The van der Waals surface area contributed by atoms with E-state index in [-0.39, 0.29) is 24.5 Å². The first kappa shape index (κ1) is 16.8. The second kappa shape index (κ2) is 6.59. The molecule has 0 aliphatic carbocycles. The van der Waals surface area contributed by atoms with E-state index in [9.17, 15) is 4.79 Å². The van der Waals surface area contributed by atoms with Crippen molar-refractivity contribution in [3.05, 3.63) is 53.7 Å². The Morgan fingerprint density at radius 3 is 2.92 bits per heavy atom. The van der Waals surface area contributed by atoms with Gasteiger partial charge in [0.05, 0.1) is 29.9 Å². The molecule has 1 aromatic carbocycles. The number of imidazole rings is 1. The molecule has 7 nitrogen and oxygen atoms in total. The minimum atomic E-state index is -0.142. The number of carbonyl (C=O) groups excluding carboxylic acids is 1. The highest BCUT2D eigenvalue weighted by Crippen LogP contribution is 2.29. The SMILES string of the molecule is Cc1ccc([C@H]2CN(C(=O)c3ccc4c(c3)ncn4CCO)C[C@@H]2N)o1. The zero-order valence-electron chi connectivity index (χ0n) is 14.6. The van der Waals surface area contributed by atoms with E-state index in [1.807, 2.05) is 29.7 Å². The number of aromatic nitrogens is 2. The number of hydrogen-bond donors (Lipinski definition) is 2. The minimum Gasteiger partial charge on any atom is -0.466 e. The maximum absolute atomic E-state index is 12.9. The van der Waals surface area contributed by atoms with Gasteiger partial charge in [-0.2, -0.15) is 0 Å². The van der Waals surface area contributed by atoms with Gasteiger partial charge in [-0.25, -0.2) is 4.98 Å². The maximum Gasteiger partial charge on any atom is 0.254 e. The number of amides is 1. The zero-order chi connectivity index (χ0) is 18.3. The maximum atomic E-state index is 12.9. The number of nitrogens with two attached hydrogens (primary N) is 1.